The van der Waals surface area contributed by atoms with Gasteiger partial charge in [0.05, 0.1) is 6.10 Å². The van der Waals surface area contributed by atoms with E-state index in [-0.39, 0.29) is 11.4 Å². The highest BCUT2D eigenvalue weighted by molar-refractivity contribution is 7.99. The molecule has 0 bridgehead atoms. The lowest BCUT2D eigenvalue weighted by atomic mass is 10.00. The first-order chi connectivity index (χ1) is 9.93. The topological polar surface area (TPSA) is 32.3 Å². The fraction of sp³-hybridized carbons (Fsp3) is 0.667. The Labute approximate surface area is 134 Å². The van der Waals surface area contributed by atoms with Crippen LogP contribution in [0.3, 0.4) is 0 Å². The molecule has 21 heavy (non-hydrogen) atoms. The maximum absolute atomic E-state index is 9.61. The van der Waals surface area contributed by atoms with Crippen LogP contribution in [0.15, 0.2) is 24.3 Å². The van der Waals surface area contributed by atoms with Gasteiger partial charge in [-0.05, 0) is 36.9 Å². The van der Waals surface area contributed by atoms with Crippen molar-refractivity contribution in [2.45, 2.75) is 58.4 Å². The van der Waals surface area contributed by atoms with Crippen LogP contribution >= 0.6 is 11.8 Å². The van der Waals surface area contributed by atoms with Crippen LogP contribution in [0, 0.1) is 5.92 Å². The molecule has 0 amide bonds. The molecule has 0 spiro atoms. The average molecular weight is 310 g/mol. The third-order valence-electron chi connectivity index (χ3n) is 3.68. The van der Waals surface area contributed by atoms with E-state index in [0.29, 0.717) is 12.0 Å². The fourth-order valence-corrected chi connectivity index (χ4v) is 3.35. The molecule has 0 fully saturated rings. The van der Waals surface area contributed by atoms with Crippen molar-refractivity contribution in [1.82, 2.24) is 5.32 Å². The molecule has 0 saturated heterocycles. The Bertz CT molecular complexity index is 389. The van der Waals surface area contributed by atoms with Crippen molar-refractivity contribution >= 4 is 11.8 Å². The van der Waals surface area contributed by atoms with Crippen LogP contribution in [0.1, 0.15) is 51.8 Å². The summed E-state index contributed by atoms with van der Waals surface area (Å²) in [5.41, 5.74) is 2.75. The van der Waals surface area contributed by atoms with Crippen LogP contribution in [0.5, 0.6) is 0 Å². The van der Waals surface area contributed by atoms with Gasteiger partial charge in [0.25, 0.3) is 0 Å². The molecule has 1 aromatic rings. The number of nitrogens with one attached hydrogen (secondary N) is 1. The Morgan fingerprint density at radius 1 is 1.10 bits per heavy atom. The summed E-state index contributed by atoms with van der Waals surface area (Å²) in [6.45, 7) is 11.6. The van der Waals surface area contributed by atoms with Gasteiger partial charge >= 0.3 is 0 Å². The molecule has 3 unspecified atom stereocenters. The second kappa shape index (κ2) is 9.50. The van der Waals surface area contributed by atoms with E-state index in [4.69, 9.17) is 0 Å². The largest absolute Gasteiger partial charge is 0.392 e. The van der Waals surface area contributed by atoms with Gasteiger partial charge in [0.2, 0.25) is 0 Å². The molecule has 0 aliphatic heterocycles. The lowest BCUT2D eigenvalue weighted by Gasteiger charge is -2.22. The summed E-state index contributed by atoms with van der Waals surface area (Å²) >= 11 is 1.83. The van der Waals surface area contributed by atoms with Crippen molar-refractivity contribution in [2.24, 2.45) is 5.92 Å². The zero-order valence-corrected chi connectivity index (χ0v) is 14.9. The van der Waals surface area contributed by atoms with Gasteiger partial charge in [0.15, 0.2) is 0 Å². The van der Waals surface area contributed by atoms with E-state index in [9.17, 15) is 5.11 Å². The van der Waals surface area contributed by atoms with E-state index in [1.807, 2.05) is 18.7 Å². The van der Waals surface area contributed by atoms with Gasteiger partial charge in [-0.2, -0.15) is 11.8 Å². The van der Waals surface area contributed by atoms with Crippen molar-refractivity contribution < 1.29 is 5.11 Å². The van der Waals surface area contributed by atoms with Crippen LogP contribution in [0.2, 0.25) is 0 Å². The number of rotatable bonds is 9. The van der Waals surface area contributed by atoms with Gasteiger partial charge < -0.3 is 10.4 Å². The molecule has 1 aromatic carbocycles. The Balaban J connectivity index is 2.66. The summed E-state index contributed by atoms with van der Waals surface area (Å²) in [5.74, 6) is 1.69. The van der Waals surface area contributed by atoms with Crippen LogP contribution in [0.4, 0.5) is 0 Å². The summed E-state index contributed by atoms with van der Waals surface area (Å²) < 4.78 is 0. The monoisotopic (exact) mass is 309 g/mol. The third-order valence-corrected chi connectivity index (χ3v) is 5.13. The molecule has 3 atom stereocenters. The molecular weight excluding hydrogens is 278 g/mol. The number of hydrogen-bond acceptors (Lipinski definition) is 3. The summed E-state index contributed by atoms with van der Waals surface area (Å²) in [7, 11) is 0. The van der Waals surface area contributed by atoms with Crippen molar-refractivity contribution in [3.63, 3.8) is 0 Å². The lowest BCUT2D eigenvalue weighted by molar-refractivity contribution is 0.196. The van der Waals surface area contributed by atoms with Crippen LogP contribution in [0.25, 0.3) is 0 Å². The fourth-order valence-electron chi connectivity index (χ4n) is 2.26. The lowest BCUT2D eigenvalue weighted by Crippen LogP contribution is -2.25. The second-order valence-corrected chi connectivity index (χ2v) is 7.64. The molecule has 2 nitrogen and oxygen atoms in total. The van der Waals surface area contributed by atoms with E-state index < -0.39 is 0 Å². The highest BCUT2D eigenvalue weighted by Crippen LogP contribution is 2.23. The zero-order chi connectivity index (χ0) is 15.8. The van der Waals surface area contributed by atoms with Gasteiger partial charge in [-0.1, -0.05) is 52.0 Å². The van der Waals surface area contributed by atoms with E-state index >= 15 is 0 Å². The molecule has 120 valence electrons. The Kier molecular flexibility index (Phi) is 8.38. The molecule has 1 rings (SSSR count). The minimum atomic E-state index is -0.259. The van der Waals surface area contributed by atoms with Crippen LogP contribution in [-0.2, 0) is 6.42 Å². The first-order valence-electron chi connectivity index (χ1n) is 8.05. The molecular formula is C18H31NOS. The average Bonchev–Trinajstić information content (AvgIpc) is 2.43. The predicted molar refractivity (Wildman–Crippen MR) is 95.0 cm³/mol. The molecule has 0 aliphatic rings. The minimum absolute atomic E-state index is 0.259. The standard InChI is InChI=1S/C18H31NOS/c1-6-19-18(12-21-15(5)14(4)20)17-9-7-16(8-10-17)11-13(2)3/h7-10,13-15,18-20H,6,11-12H2,1-5H3. The van der Waals surface area contributed by atoms with E-state index in [0.717, 1.165) is 18.7 Å². The zero-order valence-electron chi connectivity index (χ0n) is 14.1. The number of aliphatic hydroxyl groups excluding tert-OH is 1. The van der Waals surface area contributed by atoms with Crippen LogP contribution in [-0.4, -0.2) is 28.8 Å². The summed E-state index contributed by atoms with van der Waals surface area (Å²) in [6.07, 6.45) is 0.880. The number of benzene rings is 1. The summed E-state index contributed by atoms with van der Waals surface area (Å²) in [6, 6.07) is 9.36. The summed E-state index contributed by atoms with van der Waals surface area (Å²) in [5, 5.41) is 13.4. The molecule has 0 aromatic heterocycles. The predicted octanol–water partition coefficient (Wildman–Crippen LogP) is 4.04. The van der Waals surface area contributed by atoms with Crippen molar-refractivity contribution in [3.05, 3.63) is 35.4 Å². The van der Waals surface area contributed by atoms with Crippen molar-refractivity contribution in [1.29, 1.82) is 0 Å². The molecule has 0 heterocycles. The smallest absolute Gasteiger partial charge is 0.0628 e. The number of aliphatic hydroxyl groups is 1. The first-order valence-corrected chi connectivity index (χ1v) is 9.10. The van der Waals surface area contributed by atoms with Gasteiger partial charge in [-0.25, -0.2) is 0 Å². The molecule has 2 N–H and O–H groups in total. The number of hydrogen-bond donors (Lipinski definition) is 2. The van der Waals surface area contributed by atoms with Crippen molar-refractivity contribution in [2.75, 3.05) is 12.3 Å². The first kappa shape index (κ1) is 18.5. The maximum Gasteiger partial charge on any atom is 0.0628 e. The van der Waals surface area contributed by atoms with Gasteiger partial charge in [0.1, 0.15) is 0 Å². The van der Waals surface area contributed by atoms with Gasteiger partial charge in [-0.3, -0.25) is 0 Å². The van der Waals surface area contributed by atoms with E-state index in [1.54, 1.807) is 0 Å². The summed E-state index contributed by atoms with van der Waals surface area (Å²) in [4.78, 5) is 0. The van der Waals surface area contributed by atoms with Crippen molar-refractivity contribution in [3.8, 4) is 0 Å². The molecule has 0 aliphatic carbocycles. The molecule has 0 saturated carbocycles. The van der Waals surface area contributed by atoms with Crippen LogP contribution < -0.4 is 5.32 Å². The molecule has 0 radical (unpaired) electrons. The quantitative estimate of drug-likeness (QED) is 0.722. The Morgan fingerprint density at radius 2 is 1.71 bits per heavy atom. The highest BCUT2D eigenvalue weighted by Gasteiger charge is 2.15. The highest BCUT2D eigenvalue weighted by atomic mass is 32.2. The SMILES string of the molecule is CCNC(CSC(C)C(C)O)c1ccc(CC(C)C)cc1. The normalized spacial score (nSPS) is 16.0. The van der Waals surface area contributed by atoms with E-state index in [2.05, 4.69) is 57.3 Å². The number of thioether (sulfide) groups is 1. The van der Waals surface area contributed by atoms with Gasteiger partial charge in [0, 0.05) is 17.0 Å². The second-order valence-electron chi connectivity index (χ2n) is 6.23. The minimum Gasteiger partial charge on any atom is -0.392 e. The Morgan fingerprint density at radius 3 is 2.19 bits per heavy atom. The Hall–Kier alpha value is -0.510. The third kappa shape index (κ3) is 6.86. The van der Waals surface area contributed by atoms with E-state index in [1.165, 1.54) is 11.1 Å². The molecule has 3 heteroatoms. The van der Waals surface area contributed by atoms with Gasteiger partial charge in [-0.15, -0.1) is 0 Å². The maximum atomic E-state index is 9.61.